The lowest BCUT2D eigenvalue weighted by molar-refractivity contribution is 0.310. The van der Waals surface area contributed by atoms with Gasteiger partial charge in [0.15, 0.2) is 5.96 Å². The van der Waals surface area contributed by atoms with Gasteiger partial charge in [0.25, 0.3) is 0 Å². The summed E-state index contributed by atoms with van der Waals surface area (Å²) in [5, 5.41) is 6.57. The van der Waals surface area contributed by atoms with E-state index < -0.39 is 0 Å². The summed E-state index contributed by atoms with van der Waals surface area (Å²) in [5.41, 5.74) is 1.13. The summed E-state index contributed by atoms with van der Waals surface area (Å²) < 4.78 is 16.1. The lowest BCUT2D eigenvalue weighted by atomic mass is 10.2. The van der Waals surface area contributed by atoms with Crippen LogP contribution in [-0.4, -0.2) is 40.4 Å². The Morgan fingerprint density at radius 2 is 1.65 bits per heavy atom. The third kappa shape index (κ3) is 6.55. The van der Waals surface area contributed by atoms with E-state index in [0.717, 1.165) is 41.7 Å². The summed E-state index contributed by atoms with van der Waals surface area (Å²) in [6, 6.07) is 15.5. The van der Waals surface area contributed by atoms with Crippen LogP contribution in [0, 0.1) is 0 Å². The van der Waals surface area contributed by atoms with E-state index in [4.69, 9.17) is 14.2 Å². The second-order valence-electron chi connectivity index (χ2n) is 5.58. The van der Waals surface area contributed by atoms with E-state index in [-0.39, 0.29) is 0 Å². The van der Waals surface area contributed by atoms with Gasteiger partial charge in [0.1, 0.15) is 17.2 Å². The molecular formula is C20H27N3O3. The maximum atomic E-state index is 5.71. The number of hydrogen-bond acceptors (Lipinski definition) is 4. The molecule has 2 aromatic rings. The van der Waals surface area contributed by atoms with Crippen LogP contribution >= 0.6 is 0 Å². The first-order chi connectivity index (χ1) is 12.7. The van der Waals surface area contributed by atoms with Crippen LogP contribution < -0.4 is 24.8 Å². The highest BCUT2D eigenvalue weighted by Gasteiger charge is 2.00. The SMILES string of the molecule is CN=C(NCCCOc1ccc(OC)cc1)NCc1cccc(OC)c1. The van der Waals surface area contributed by atoms with Gasteiger partial charge >= 0.3 is 0 Å². The Morgan fingerprint density at radius 3 is 2.35 bits per heavy atom. The molecule has 0 heterocycles. The van der Waals surface area contributed by atoms with Crippen molar-refractivity contribution in [3.8, 4) is 17.2 Å². The smallest absolute Gasteiger partial charge is 0.191 e. The molecule has 0 saturated carbocycles. The topological polar surface area (TPSA) is 64.1 Å². The minimum atomic E-state index is 0.631. The molecular weight excluding hydrogens is 330 g/mol. The van der Waals surface area contributed by atoms with E-state index in [1.165, 1.54) is 0 Å². The van der Waals surface area contributed by atoms with Gasteiger partial charge in [-0.3, -0.25) is 4.99 Å². The maximum Gasteiger partial charge on any atom is 0.191 e. The molecule has 0 fully saturated rings. The number of nitrogens with zero attached hydrogens (tertiary/aromatic N) is 1. The minimum absolute atomic E-state index is 0.631. The Hall–Kier alpha value is -2.89. The van der Waals surface area contributed by atoms with Crippen molar-refractivity contribution in [1.29, 1.82) is 0 Å². The van der Waals surface area contributed by atoms with E-state index >= 15 is 0 Å². The van der Waals surface area contributed by atoms with Gasteiger partial charge in [-0.05, 0) is 48.4 Å². The molecule has 0 saturated heterocycles. The highest BCUT2D eigenvalue weighted by molar-refractivity contribution is 5.79. The number of nitrogens with one attached hydrogen (secondary N) is 2. The molecule has 0 bridgehead atoms. The standard InChI is InChI=1S/C20H27N3O3/c1-21-20(23-15-16-6-4-7-19(14-16)25-3)22-12-5-13-26-18-10-8-17(24-2)9-11-18/h4,6-11,14H,5,12-13,15H2,1-3H3,(H2,21,22,23). The summed E-state index contributed by atoms with van der Waals surface area (Å²) >= 11 is 0. The highest BCUT2D eigenvalue weighted by atomic mass is 16.5. The molecule has 0 unspecified atom stereocenters. The summed E-state index contributed by atoms with van der Waals surface area (Å²) in [6.07, 6.45) is 0.867. The van der Waals surface area contributed by atoms with Crippen LogP contribution in [0.5, 0.6) is 17.2 Å². The van der Waals surface area contributed by atoms with Gasteiger partial charge in [-0.15, -0.1) is 0 Å². The number of ether oxygens (including phenoxy) is 3. The average Bonchev–Trinajstić information content (AvgIpc) is 2.70. The first kappa shape index (κ1) is 19.4. The van der Waals surface area contributed by atoms with Gasteiger partial charge in [-0.1, -0.05) is 12.1 Å². The van der Waals surface area contributed by atoms with Crippen molar-refractivity contribution >= 4 is 5.96 Å². The molecule has 0 aliphatic heterocycles. The quantitative estimate of drug-likeness (QED) is 0.410. The molecule has 0 amide bonds. The highest BCUT2D eigenvalue weighted by Crippen LogP contribution is 2.17. The molecule has 2 rings (SSSR count). The lowest BCUT2D eigenvalue weighted by Gasteiger charge is -2.13. The van der Waals surface area contributed by atoms with Gasteiger partial charge in [0.05, 0.1) is 20.8 Å². The molecule has 26 heavy (non-hydrogen) atoms. The predicted octanol–water partition coefficient (Wildman–Crippen LogP) is 2.84. The molecule has 6 nitrogen and oxygen atoms in total. The monoisotopic (exact) mass is 357 g/mol. The lowest BCUT2D eigenvalue weighted by Crippen LogP contribution is -2.37. The van der Waals surface area contributed by atoms with E-state index in [1.54, 1.807) is 21.3 Å². The minimum Gasteiger partial charge on any atom is -0.497 e. The summed E-state index contributed by atoms with van der Waals surface area (Å²) in [6.45, 7) is 2.08. The summed E-state index contributed by atoms with van der Waals surface area (Å²) in [7, 11) is 5.08. The molecule has 6 heteroatoms. The summed E-state index contributed by atoms with van der Waals surface area (Å²) in [4.78, 5) is 4.23. The Labute approximate surface area is 155 Å². The van der Waals surface area contributed by atoms with Crippen LogP contribution in [0.1, 0.15) is 12.0 Å². The molecule has 0 atom stereocenters. The third-order valence-electron chi connectivity index (χ3n) is 3.76. The zero-order valence-electron chi connectivity index (χ0n) is 15.6. The van der Waals surface area contributed by atoms with Gasteiger partial charge in [0.2, 0.25) is 0 Å². The van der Waals surface area contributed by atoms with Crippen molar-refractivity contribution < 1.29 is 14.2 Å². The van der Waals surface area contributed by atoms with Gasteiger partial charge in [0, 0.05) is 20.1 Å². The number of guanidine groups is 1. The van der Waals surface area contributed by atoms with Crippen molar-refractivity contribution in [2.24, 2.45) is 4.99 Å². The fraction of sp³-hybridized carbons (Fsp3) is 0.350. The second kappa shape index (κ2) is 10.9. The molecule has 0 aromatic heterocycles. The zero-order chi connectivity index (χ0) is 18.6. The number of hydrogen-bond donors (Lipinski definition) is 2. The number of aliphatic imine (C=N–C) groups is 1. The number of rotatable bonds is 9. The Kier molecular flexibility index (Phi) is 8.12. The average molecular weight is 357 g/mol. The molecule has 0 aliphatic carbocycles. The van der Waals surface area contributed by atoms with E-state index in [2.05, 4.69) is 15.6 Å². The van der Waals surface area contributed by atoms with Crippen molar-refractivity contribution in [3.05, 3.63) is 54.1 Å². The fourth-order valence-corrected chi connectivity index (χ4v) is 2.33. The zero-order valence-corrected chi connectivity index (χ0v) is 15.6. The fourth-order valence-electron chi connectivity index (χ4n) is 2.33. The molecule has 0 aliphatic rings. The molecule has 140 valence electrons. The van der Waals surface area contributed by atoms with Gasteiger partial charge < -0.3 is 24.8 Å². The first-order valence-corrected chi connectivity index (χ1v) is 8.59. The predicted molar refractivity (Wildman–Crippen MR) is 104 cm³/mol. The molecule has 0 spiro atoms. The molecule has 0 radical (unpaired) electrons. The molecule has 2 aromatic carbocycles. The van der Waals surface area contributed by atoms with Crippen LogP contribution in [0.15, 0.2) is 53.5 Å². The van der Waals surface area contributed by atoms with Crippen molar-refractivity contribution in [3.63, 3.8) is 0 Å². The second-order valence-corrected chi connectivity index (χ2v) is 5.58. The Balaban J connectivity index is 1.65. The van der Waals surface area contributed by atoms with Crippen LogP contribution in [0.4, 0.5) is 0 Å². The van der Waals surface area contributed by atoms with Gasteiger partial charge in [-0.25, -0.2) is 0 Å². The third-order valence-corrected chi connectivity index (χ3v) is 3.76. The Morgan fingerprint density at radius 1 is 0.923 bits per heavy atom. The molecule has 2 N–H and O–H groups in total. The van der Waals surface area contributed by atoms with E-state index in [0.29, 0.717) is 13.2 Å². The largest absolute Gasteiger partial charge is 0.497 e. The first-order valence-electron chi connectivity index (χ1n) is 8.59. The normalized spacial score (nSPS) is 11.0. The Bertz CT molecular complexity index is 687. The maximum absolute atomic E-state index is 5.71. The van der Waals surface area contributed by atoms with Crippen LogP contribution in [-0.2, 0) is 6.54 Å². The van der Waals surface area contributed by atoms with Crippen molar-refractivity contribution in [2.45, 2.75) is 13.0 Å². The summed E-state index contributed by atoms with van der Waals surface area (Å²) in [5.74, 6) is 3.27. The van der Waals surface area contributed by atoms with E-state index in [1.807, 2.05) is 48.5 Å². The van der Waals surface area contributed by atoms with Crippen molar-refractivity contribution in [2.75, 3.05) is 34.4 Å². The van der Waals surface area contributed by atoms with Crippen molar-refractivity contribution in [1.82, 2.24) is 10.6 Å². The number of methoxy groups -OCH3 is 2. The van der Waals surface area contributed by atoms with Gasteiger partial charge in [-0.2, -0.15) is 0 Å². The van der Waals surface area contributed by atoms with Crippen LogP contribution in [0.25, 0.3) is 0 Å². The van der Waals surface area contributed by atoms with Crippen LogP contribution in [0.2, 0.25) is 0 Å². The number of benzene rings is 2. The van der Waals surface area contributed by atoms with Crippen LogP contribution in [0.3, 0.4) is 0 Å². The van der Waals surface area contributed by atoms with E-state index in [9.17, 15) is 0 Å².